The number of aromatic nitrogens is 4. The molecule has 4 rings (SSSR count). The number of carbonyl (C=O) groups excluding carboxylic acids is 1. The van der Waals surface area contributed by atoms with Crippen molar-refractivity contribution in [3.05, 3.63) is 72.3 Å². The normalized spacial score (nSPS) is 10.5. The zero-order valence-corrected chi connectivity index (χ0v) is 18.2. The molecule has 3 aromatic heterocycles. The zero-order chi connectivity index (χ0) is 25.4. The van der Waals surface area contributed by atoms with E-state index < -0.39 is 18.8 Å². The minimum absolute atomic E-state index is 0.250. The summed E-state index contributed by atoms with van der Waals surface area (Å²) in [5, 5.41) is 15.1. The Morgan fingerprint density at radius 3 is 2.60 bits per heavy atom. The molecule has 12 heteroatoms. The topological polar surface area (TPSA) is 114 Å². The van der Waals surface area contributed by atoms with E-state index in [9.17, 15) is 18.0 Å². The Morgan fingerprint density at radius 2 is 1.91 bits per heavy atom. The summed E-state index contributed by atoms with van der Waals surface area (Å²) >= 11 is 0. The molecular formula is C23H19F3N6O3. The fourth-order valence-corrected chi connectivity index (χ4v) is 3.01. The zero-order valence-electron chi connectivity index (χ0n) is 18.2. The molecule has 0 saturated carbocycles. The van der Waals surface area contributed by atoms with Gasteiger partial charge in [-0.05, 0) is 24.3 Å². The minimum atomic E-state index is -4.48. The molecule has 0 bridgehead atoms. The average Bonchev–Trinajstić information content (AvgIpc) is 3.42. The fourth-order valence-electron chi connectivity index (χ4n) is 3.01. The molecule has 0 atom stereocenters. The number of fused-ring (bicyclic) bond motifs is 1. The molecule has 0 spiro atoms. The number of nitrogens with one attached hydrogen (secondary N) is 2. The lowest BCUT2D eigenvalue weighted by Gasteiger charge is -2.10. The molecule has 0 unspecified atom stereocenters. The maximum atomic E-state index is 12.3. The van der Waals surface area contributed by atoms with Crippen LogP contribution < -0.4 is 10.6 Å². The highest BCUT2D eigenvalue weighted by Crippen LogP contribution is 2.24. The maximum absolute atomic E-state index is 12.3. The van der Waals surface area contributed by atoms with Gasteiger partial charge >= 0.3 is 12.2 Å². The molecule has 0 saturated heterocycles. The van der Waals surface area contributed by atoms with Gasteiger partial charge in [0.25, 0.3) is 6.47 Å². The molecule has 0 aliphatic rings. The van der Waals surface area contributed by atoms with E-state index in [1.54, 1.807) is 40.6 Å². The van der Waals surface area contributed by atoms with Crippen LogP contribution in [0.25, 0.3) is 16.9 Å². The number of rotatable bonds is 3. The van der Waals surface area contributed by atoms with E-state index in [1.165, 1.54) is 0 Å². The molecule has 3 N–H and O–H groups in total. The maximum Gasteiger partial charge on any atom is 0.405 e. The van der Waals surface area contributed by atoms with Crippen molar-refractivity contribution in [2.45, 2.75) is 6.18 Å². The number of aryl methyl sites for hydroxylation is 1. The van der Waals surface area contributed by atoms with Gasteiger partial charge in [-0.3, -0.25) is 13.9 Å². The molecule has 0 radical (unpaired) electrons. The van der Waals surface area contributed by atoms with Gasteiger partial charge in [0.15, 0.2) is 0 Å². The lowest BCUT2D eigenvalue weighted by molar-refractivity contribution is -0.123. The van der Waals surface area contributed by atoms with Gasteiger partial charge in [0.1, 0.15) is 12.2 Å². The number of amides is 2. The summed E-state index contributed by atoms with van der Waals surface area (Å²) in [4.78, 5) is 24.5. The van der Waals surface area contributed by atoms with Crippen LogP contribution in [-0.4, -0.2) is 49.5 Å². The lowest BCUT2D eigenvalue weighted by Crippen LogP contribution is -2.36. The van der Waals surface area contributed by atoms with Gasteiger partial charge in [0, 0.05) is 36.3 Å². The van der Waals surface area contributed by atoms with Crippen molar-refractivity contribution in [1.82, 2.24) is 24.5 Å². The summed E-state index contributed by atoms with van der Waals surface area (Å²) in [6.45, 7) is -1.65. The van der Waals surface area contributed by atoms with Gasteiger partial charge in [-0.25, -0.2) is 9.78 Å². The number of carboxylic acid groups (broad SMARTS) is 1. The largest absolute Gasteiger partial charge is 0.483 e. The van der Waals surface area contributed by atoms with Crippen LogP contribution in [0.3, 0.4) is 0 Å². The highest BCUT2D eigenvalue weighted by molar-refractivity contribution is 5.90. The van der Waals surface area contributed by atoms with Crippen LogP contribution in [-0.2, 0) is 11.8 Å². The Balaban J connectivity index is 0.00000108. The molecule has 9 nitrogen and oxygen atoms in total. The predicted octanol–water partition coefficient (Wildman–Crippen LogP) is 3.52. The highest BCUT2D eigenvalue weighted by Gasteiger charge is 2.27. The first-order valence-corrected chi connectivity index (χ1v) is 9.96. The Bertz CT molecular complexity index is 1400. The number of alkyl halides is 3. The van der Waals surface area contributed by atoms with Gasteiger partial charge in [-0.1, -0.05) is 24.0 Å². The number of carbonyl (C=O) groups is 2. The summed E-state index contributed by atoms with van der Waals surface area (Å²) in [6, 6.07) is 9.53. The SMILES string of the molecule is Cn1cc(C#Cc2ccn3c(-c4cccc(NC(=O)NCC(F)(F)F)c4)cnc3c2)cn1.O=CO. The van der Waals surface area contributed by atoms with E-state index in [0.29, 0.717) is 11.3 Å². The Labute approximate surface area is 197 Å². The smallest absolute Gasteiger partial charge is 0.405 e. The van der Waals surface area contributed by atoms with Crippen molar-refractivity contribution in [3.8, 4) is 23.1 Å². The van der Waals surface area contributed by atoms with Crippen LogP contribution in [0.5, 0.6) is 0 Å². The number of urea groups is 1. The van der Waals surface area contributed by atoms with Crippen molar-refractivity contribution >= 4 is 23.8 Å². The van der Waals surface area contributed by atoms with Gasteiger partial charge < -0.3 is 15.7 Å². The van der Waals surface area contributed by atoms with Crippen LogP contribution >= 0.6 is 0 Å². The molecule has 35 heavy (non-hydrogen) atoms. The number of nitrogens with zero attached hydrogens (tertiary/aromatic N) is 4. The van der Waals surface area contributed by atoms with Crippen LogP contribution in [0.1, 0.15) is 11.1 Å². The van der Waals surface area contributed by atoms with Gasteiger partial charge in [-0.2, -0.15) is 18.3 Å². The lowest BCUT2D eigenvalue weighted by atomic mass is 10.1. The third kappa shape index (κ3) is 7.10. The number of hydrogen-bond donors (Lipinski definition) is 3. The first kappa shape index (κ1) is 24.8. The van der Waals surface area contributed by atoms with Crippen molar-refractivity contribution in [1.29, 1.82) is 0 Å². The summed E-state index contributed by atoms with van der Waals surface area (Å²) in [7, 11) is 1.82. The molecule has 3 heterocycles. The molecule has 1 aromatic carbocycles. The van der Waals surface area contributed by atoms with Gasteiger partial charge in [-0.15, -0.1) is 0 Å². The second-order valence-electron chi connectivity index (χ2n) is 7.05. The summed E-state index contributed by atoms with van der Waals surface area (Å²) in [6.07, 6.45) is 2.54. The summed E-state index contributed by atoms with van der Waals surface area (Å²) in [5.74, 6) is 6.12. The first-order chi connectivity index (χ1) is 16.7. The number of imidazole rings is 1. The molecule has 2 amide bonds. The Morgan fingerprint density at radius 1 is 1.17 bits per heavy atom. The van der Waals surface area contributed by atoms with Crippen molar-refractivity contribution in [3.63, 3.8) is 0 Å². The van der Waals surface area contributed by atoms with Crippen molar-refractivity contribution in [2.75, 3.05) is 11.9 Å². The Kier molecular flexibility index (Phi) is 7.73. The summed E-state index contributed by atoms with van der Waals surface area (Å²) in [5.41, 5.74) is 4.12. The van der Waals surface area contributed by atoms with Crippen molar-refractivity contribution < 1.29 is 27.9 Å². The van der Waals surface area contributed by atoms with E-state index in [0.717, 1.165) is 22.4 Å². The van der Waals surface area contributed by atoms with E-state index >= 15 is 0 Å². The van der Waals surface area contributed by atoms with E-state index in [4.69, 9.17) is 9.90 Å². The molecule has 0 aliphatic heterocycles. The molecular weight excluding hydrogens is 465 g/mol. The van der Waals surface area contributed by atoms with Gasteiger partial charge in [0.2, 0.25) is 0 Å². The summed E-state index contributed by atoms with van der Waals surface area (Å²) < 4.78 is 40.3. The number of benzene rings is 1. The van der Waals surface area contributed by atoms with Crippen LogP contribution in [0, 0.1) is 11.8 Å². The molecule has 4 aromatic rings. The van der Waals surface area contributed by atoms with Crippen LogP contribution in [0.2, 0.25) is 0 Å². The number of pyridine rings is 1. The molecule has 0 fully saturated rings. The second-order valence-corrected chi connectivity index (χ2v) is 7.05. The van der Waals surface area contributed by atoms with Crippen molar-refractivity contribution in [2.24, 2.45) is 7.05 Å². The van der Waals surface area contributed by atoms with Gasteiger partial charge in [0.05, 0.1) is 23.7 Å². The quantitative estimate of drug-likeness (QED) is 0.304. The number of anilines is 1. The Hall–Kier alpha value is -4.79. The third-order valence-electron chi connectivity index (χ3n) is 4.43. The van der Waals surface area contributed by atoms with E-state index in [1.807, 2.05) is 42.0 Å². The molecule has 0 aliphatic carbocycles. The first-order valence-electron chi connectivity index (χ1n) is 9.96. The van der Waals surface area contributed by atoms with Crippen LogP contribution in [0.15, 0.2) is 61.2 Å². The number of halogens is 3. The standard InChI is InChI=1S/C22H17F3N6O.CH2O2/c1-30-13-16(11-28-30)6-5-15-7-8-31-19(12-26-20(31)9-15)17-3-2-4-18(10-17)29-21(32)27-14-22(23,24)25;2-1-3/h2-4,7-13H,14H2,1H3,(H2,27,29,32);1H,(H,2,3). The predicted molar refractivity (Wildman–Crippen MR) is 122 cm³/mol. The van der Waals surface area contributed by atoms with E-state index in [2.05, 4.69) is 27.2 Å². The third-order valence-corrected chi connectivity index (χ3v) is 4.43. The highest BCUT2D eigenvalue weighted by atomic mass is 19.4. The minimum Gasteiger partial charge on any atom is -0.483 e. The number of hydrogen-bond acceptors (Lipinski definition) is 4. The van der Waals surface area contributed by atoms with E-state index in [-0.39, 0.29) is 6.47 Å². The second kappa shape index (κ2) is 10.9. The monoisotopic (exact) mass is 484 g/mol. The molecule has 180 valence electrons. The fraction of sp³-hybridized carbons (Fsp3) is 0.130. The van der Waals surface area contributed by atoms with Crippen LogP contribution in [0.4, 0.5) is 23.7 Å². The average molecular weight is 484 g/mol.